The Bertz CT molecular complexity index is 394. The Labute approximate surface area is 129 Å². The van der Waals surface area contributed by atoms with Crippen LogP contribution in [0.15, 0.2) is 24.3 Å². The van der Waals surface area contributed by atoms with Crippen molar-refractivity contribution in [2.75, 3.05) is 39.3 Å². The molecule has 21 heavy (non-hydrogen) atoms. The first-order chi connectivity index (χ1) is 10.2. The predicted molar refractivity (Wildman–Crippen MR) is 88.3 cm³/mol. The zero-order chi connectivity index (χ0) is 15.1. The van der Waals surface area contributed by atoms with E-state index in [-0.39, 0.29) is 0 Å². The molecule has 1 aromatic carbocycles. The van der Waals surface area contributed by atoms with E-state index in [9.17, 15) is 0 Å². The monoisotopic (exact) mass is 290 g/mol. The standard InChI is InChI=1S/C18H30N2O/c1-4-21-15-18-7-5-17(6-8-18)14-20-11-9-19(10-12-20)13-16(2)3/h5-8,16H,4,9-15H2,1-3H3. The van der Waals surface area contributed by atoms with Gasteiger partial charge in [-0.25, -0.2) is 0 Å². The molecule has 0 atom stereocenters. The Morgan fingerprint density at radius 3 is 2.10 bits per heavy atom. The molecule has 0 saturated carbocycles. The predicted octanol–water partition coefficient (Wildman–Crippen LogP) is 3.00. The number of hydrogen-bond acceptors (Lipinski definition) is 3. The van der Waals surface area contributed by atoms with E-state index in [0.717, 1.165) is 25.7 Å². The molecular formula is C18H30N2O. The van der Waals surface area contributed by atoms with Crippen LogP contribution in [-0.2, 0) is 17.9 Å². The molecule has 1 fully saturated rings. The Balaban J connectivity index is 1.75. The summed E-state index contributed by atoms with van der Waals surface area (Å²) in [4.78, 5) is 5.15. The van der Waals surface area contributed by atoms with Gasteiger partial charge < -0.3 is 9.64 Å². The second-order valence-corrected chi connectivity index (χ2v) is 6.42. The normalized spacial score (nSPS) is 17.5. The Morgan fingerprint density at radius 2 is 1.52 bits per heavy atom. The zero-order valence-corrected chi connectivity index (χ0v) is 13.8. The molecule has 1 aliphatic heterocycles. The van der Waals surface area contributed by atoms with E-state index < -0.39 is 0 Å². The van der Waals surface area contributed by atoms with E-state index in [0.29, 0.717) is 0 Å². The lowest BCUT2D eigenvalue weighted by Gasteiger charge is -2.35. The van der Waals surface area contributed by atoms with Crippen LogP contribution in [0.3, 0.4) is 0 Å². The van der Waals surface area contributed by atoms with Gasteiger partial charge in [-0.3, -0.25) is 4.90 Å². The van der Waals surface area contributed by atoms with Crippen LogP contribution >= 0.6 is 0 Å². The summed E-state index contributed by atoms with van der Waals surface area (Å²) in [5.74, 6) is 0.773. The SMILES string of the molecule is CCOCc1ccc(CN2CCN(CC(C)C)CC2)cc1. The van der Waals surface area contributed by atoms with E-state index in [4.69, 9.17) is 4.74 Å². The van der Waals surface area contributed by atoms with Crippen LogP contribution in [0, 0.1) is 5.92 Å². The third kappa shape index (κ3) is 5.77. The molecule has 118 valence electrons. The Hall–Kier alpha value is -0.900. The van der Waals surface area contributed by atoms with Crippen molar-refractivity contribution in [3.63, 3.8) is 0 Å². The molecular weight excluding hydrogens is 260 g/mol. The number of ether oxygens (including phenoxy) is 1. The fraction of sp³-hybridized carbons (Fsp3) is 0.667. The van der Waals surface area contributed by atoms with Crippen LogP contribution in [0.2, 0.25) is 0 Å². The van der Waals surface area contributed by atoms with Crippen LogP contribution in [0.4, 0.5) is 0 Å². The average molecular weight is 290 g/mol. The number of rotatable bonds is 7. The lowest BCUT2D eigenvalue weighted by Crippen LogP contribution is -2.46. The van der Waals surface area contributed by atoms with Crippen molar-refractivity contribution in [2.24, 2.45) is 5.92 Å². The highest BCUT2D eigenvalue weighted by Gasteiger charge is 2.17. The molecule has 3 heteroatoms. The number of piperazine rings is 1. The average Bonchev–Trinajstić information content (AvgIpc) is 2.48. The maximum atomic E-state index is 5.44. The fourth-order valence-corrected chi connectivity index (χ4v) is 2.87. The van der Waals surface area contributed by atoms with Gasteiger partial charge in [0.1, 0.15) is 0 Å². The van der Waals surface area contributed by atoms with Crippen LogP contribution in [0.25, 0.3) is 0 Å². The number of benzene rings is 1. The summed E-state index contributed by atoms with van der Waals surface area (Å²) >= 11 is 0. The molecule has 3 nitrogen and oxygen atoms in total. The minimum Gasteiger partial charge on any atom is -0.377 e. The van der Waals surface area contributed by atoms with Gasteiger partial charge in [0.2, 0.25) is 0 Å². The minimum absolute atomic E-state index is 0.727. The maximum absolute atomic E-state index is 5.44. The maximum Gasteiger partial charge on any atom is 0.0716 e. The van der Waals surface area contributed by atoms with Crippen LogP contribution < -0.4 is 0 Å². The molecule has 0 N–H and O–H groups in total. The summed E-state index contributed by atoms with van der Waals surface area (Å²) in [6.45, 7) is 15.2. The summed E-state index contributed by atoms with van der Waals surface area (Å²) < 4.78 is 5.44. The summed E-state index contributed by atoms with van der Waals surface area (Å²) in [5.41, 5.74) is 2.68. The van der Waals surface area contributed by atoms with Gasteiger partial charge in [0.25, 0.3) is 0 Å². The van der Waals surface area contributed by atoms with Crippen molar-refractivity contribution >= 4 is 0 Å². The van der Waals surface area contributed by atoms with Gasteiger partial charge in [-0.2, -0.15) is 0 Å². The quantitative estimate of drug-likeness (QED) is 0.768. The zero-order valence-electron chi connectivity index (χ0n) is 13.8. The molecule has 1 aromatic rings. The molecule has 2 rings (SSSR count). The van der Waals surface area contributed by atoms with Gasteiger partial charge in [0.15, 0.2) is 0 Å². The van der Waals surface area contributed by atoms with Gasteiger partial charge in [0, 0.05) is 45.9 Å². The van der Waals surface area contributed by atoms with Gasteiger partial charge in [-0.1, -0.05) is 38.1 Å². The van der Waals surface area contributed by atoms with Gasteiger partial charge >= 0.3 is 0 Å². The molecule has 1 aliphatic rings. The van der Waals surface area contributed by atoms with Crippen molar-refractivity contribution in [1.29, 1.82) is 0 Å². The van der Waals surface area contributed by atoms with Crippen molar-refractivity contribution in [3.05, 3.63) is 35.4 Å². The highest BCUT2D eigenvalue weighted by molar-refractivity contribution is 5.22. The molecule has 0 aromatic heterocycles. The summed E-state index contributed by atoms with van der Waals surface area (Å²) in [6, 6.07) is 8.88. The van der Waals surface area contributed by atoms with Crippen LogP contribution in [0.5, 0.6) is 0 Å². The molecule has 1 saturated heterocycles. The van der Waals surface area contributed by atoms with E-state index in [1.165, 1.54) is 43.9 Å². The van der Waals surface area contributed by atoms with Gasteiger partial charge in [0.05, 0.1) is 6.61 Å². The molecule has 0 aliphatic carbocycles. The third-order valence-corrected chi connectivity index (χ3v) is 3.99. The van der Waals surface area contributed by atoms with E-state index in [2.05, 4.69) is 47.9 Å². The first-order valence-electron chi connectivity index (χ1n) is 8.27. The third-order valence-electron chi connectivity index (χ3n) is 3.99. The van der Waals surface area contributed by atoms with Crippen molar-refractivity contribution in [1.82, 2.24) is 9.80 Å². The smallest absolute Gasteiger partial charge is 0.0716 e. The molecule has 0 amide bonds. The lowest BCUT2D eigenvalue weighted by atomic mass is 10.1. The van der Waals surface area contributed by atoms with E-state index in [1.807, 2.05) is 6.92 Å². The molecule has 1 heterocycles. The highest BCUT2D eigenvalue weighted by atomic mass is 16.5. The fourth-order valence-electron chi connectivity index (χ4n) is 2.87. The second kappa shape index (κ2) is 8.52. The molecule has 0 radical (unpaired) electrons. The number of nitrogens with zero attached hydrogens (tertiary/aromatic N) is 2. The summed E-state index contributed by atoms with van der Waals surface area (Å²) in [7, 11) is 0. The van der Waals surface area contributed by atoms with Crippen molar-refractivity contribution in [2.45, 2.75) is 33.9 Å². The van der Waals surface area contributed by atoms with E-state index in [1.54, 1.807) is 0 Å². The van der Waals surface area contributed by atoms with Crippen LogP contribution in [0.1, 0.15) is 31.9 Å². The van der Waals surface area contributed by atoms with Crippen LogP contribution in [-0.4, -0.2) is 49.1 Å². The largest absolute Gasteiger partial charge is 0.377 e. The second-order valence-electron chi connectivity index (χ2n) is 6.42. The van der Waals surface area contributed by atoms with Gasteiger partial charge in [-0.05, 0) is 24.0 Å². The molecule has 0 unspecified atom stereocenters. The highest BCUT2D eigenvalue weighted by Crippen LogP contribution is 2.11. The van der Waals surface area contributed by atoms with Gasteiger partial charge in [-0.15, -0.1) is 0 Å². The molecule has 0 spiro atoms. The topological polar surface area (TPSA) is 15.7 Å². The summed E-state index contributed by atoms with van der Waals surface area (Å²) in [5, 5.41) is 0. The number of hydrogen-bond donors (Lipinski definition) is 0. The lowest BCUT2D eigenvalue weighted by molar-refractivity contribution is 0.117. The summed E-state index contributed by atoms with van der Waals surface area (Å²) in [6.07, 6.45) is 0. The minimum atomic E-state index is 0.727. The first-order valence-corrected chi connectivity index (χ1v) is 8.27. The Morgan fingerprint density at radius 1 is 0.952 bits per heavy atom. The van der Waals surface area contributed by atoms with Crippen molar-refractivity contribution in [3.8, 4) is 0 Å². The molecule has 0 bridgehead atoms. The van der Waals surface area contributed by atoms with Crippen molar-refractivity contribution < 1.29 is 4.74 Å². The Kier molecular flexibility index (Phi) is 6.68. The van der Waals surface area contributed by atoms with E-state index >= 15 is 0 Å². The first kappa shape index (κ1) is 16.5.